The maximum absolute atomic E-state index is 16.3. The number of carbonyl (C=O) groups is 1. The van der Waals surface area contributed by atoms with E-state index in [1.54, 1.807) is 71.7 Å². The van der Waals surface area contributed by atoms with E-state index in [9.17, 15) is 4.79 Å². The van der Waals surface area contributed by atoms with Crippen molar-refractivity contribution in [3.63, 3.8) is 0 Å². The molecule has 16 nitrogen and oxygen atoms in total. The first-order valence-electron chi connectivity index (χ1n) is 24.3. The number of aryl methyl sites for hydroxylation is 2. The number of halogens is 2. The van der Waals surface area contributed by atoms with Gasteiger partial charge in [-0.3, -0.25) is 23.1 Å². The summed E-state index contributed by atoms with van der Waals surface area (Å²) in [5, 5.41) is 15.0. The van der Waals surface area contributed by atoms with Crippen molar-refractivity contribution in [1.29, 1.82) is 0 Å². The van der Waals surface area contributed by atoms with Crippen molar-refractivity contribution in [2.45, 2.75) is 90.3 Å². The highest BCUT2D eigenvalue weighted by Gasteiger charge is 2.60. The molecule has 5 aromatic heterocycles. The van der Waals surface area contributed by atoms with E-state index in [2.05, 4.69) is 67.0 Å². The van der Waals surface area contributed by atoms with E-state index in [0.717, 1.165) is 23.7 Å². The highest BCUT2D eigenvalue weighted by atomic mass is 19.1. The number of benzene rings is 3. The van der Waals surface area contributed by atoms with Crippen LogP contribution in [0.15, 0.2) is 95.7 Å². The molecule has 3 aliphatic rings. The third-order valence-electron chi connectivity index (χ3n) is 15.0. The van der Waals surface area contributed by atoms with Gasteiger partial charge in [-0.15, -0.1) is 0 Å². The third kappa shape index (κ3) is 7.31. The Balaban J connectivity index is 1.08. The van der Waals surface area contributed by atoms with E-state index in [1.807, 2.05) is 13.0 Å². The van der Waals surface area contributed by atoms with E-state index in [1.165, 1.54) is 27.1 Å². The molecule has 1 saturated heterocycles. The largest absolute Gasteiger partial charge is 0.487 e. The van der Waals surface area contributed by atoms with Crippen LogP contribution in [0.25, 0.3) is 39.0 Å². The van der Waals surface area contributed by atoms with Gasteiger partial charge in [0.05, 0.1) is 40.1 Å². The minimum absolute atomic E-state index is 0.00730. The molecule has 2 fully saturated rings. The fourth-order valence-corrected chi connectivity index (χ4v) is 11.3. The van der Waals surface area contributed by atoms with Gasteiger partial charge in [0.25, 0.3) is 5.91 Å². The average Bonchev–Trinajstić information content (AvgIpc) is 4.01. The molecule has 2 aliphatic heterocycles. The molecule has 18 heteroatoms. The van der Waals surface area contributed by atoms with E-state index < -0.39 is 28.9 Å². The van der Waals surface area contributed by atoms with Gasteiger partial charge >= 0.3 is 11.8 Å². The first kappa shape index (κ1) is 46.8. The SMILES string of the molecule is C=CCOc1nc([C@]2(n3c(C(=O)N4CCc5nn(-c6cc(C)c(F)c(C)c6OCC=C)c(-n6ccn(-c7ccc8c(cnn8C)c7F)c6=O)c5[C@@H]4C)cc4cc([C@H]5CCOC(C)(C)C5)ccc43)C[C@@H]2C)no1. The summed E-state index contributed by atoms with van der Waals surface area (Å²) in [5.74, 6) is -0.171. The quantitative estimate of drug-likeness (QED) is 0.102. The van der Waals surface area contributed by atoms with Gasteiger partial charge in [-0.2, -0.15) is 15.2 Å². The lowest BCUT2D eigenvalue weighted by atomic mass is 9.83. The Hall–Kier alpha value is -7.60. The summed E-state index contributed by atoms with van der Waals surface area (Å²) in [5.41, 5.74) is 3.44. The Bertz CT molecular complexity index is 3570. The molecule has 3 aromatic carbocycles. The smallest absolute Gasteiger partial charge is 0.417 e. The van der Waals surface area contributed by atoms with Gasteiger partial charge in [-0.1, -0.05) is 43.5 Å². The van der Waals surface area contributed by atoms with Gasteiger partial charge in [0.15, 0.2) is 11.6 Å². The Morgan fingerprint density at radius 3 is 2.46 bits per heavy atom. The van der Waals surface area contributed by atoms with E-state index >= 15 is 13.6 Å². The molecule has 372 valence electrons. The molecule has 1 saturated carbocycles. The van der Waals surface area contributed by atoms with Crippen LogP contribution in [0.5, 0.6) is 11.8 Å². The molecule has 1 amide bonds. The number of rotatable bonds is 13. The molecule has 7 heterocycles. The van der Waals surface area contributed by atoms with Crippen LogP contribution < -0.4 is 15.2 Å². The average molecular weight is 979 g/mol. The monoisotopic (exact) mass is 978 g/mol. The van der Waals surface area contributed by atoms with Gasteiger partial charge in [-0.25, -0.2) is 18.3 Å². The number of fused-ring (bicyclic) bond motifs is 3. The predicted molar refractivity (Wildman–Crippen MR) is 266 cm³/mol. The number of hydrogen-bond donors (Lipinski definition) is 0. The van der Waals surface area contributed by atoms with Crippen molar-refractivity contribution in [3.8, 4) is 29.0 Å². The first-order valence-corrected chi connectivity index (χ1v) is 24.3. The lowest BCUT2D eigenvalue weighted by Gasteiger charge is -2.35. The Kier molecular flexibility index (Phi) is 11.2. The fourth-order valence-electron chi connectivity index (χ4n) is 11.3. The molecule has 8 aromatic rings. The molecule has 11 rings (SSSR count). The zero-order chi connectivity index (χ0) is 50.5. The molecule has 0 spiro atoms. The van der Waals surface area contributed by atoms with E-state index in [4.69, 9.17) is 28.8 Å². The van der Waals surface area contributed by atoms with E-state index in [-0.39, 0.29) is 77.4 Å². The van der Waals surface area contributed by atoms with Crippen molar-refractivity contribution >= 4 is 27.7 Å². The maximum atomic E-state index is 16.3. The summed E-state index contributed by atoms with van der Waals surface area (Å²) in [7, 11) is 1.72. The van der Waals surface area contributed by atoms with Crippen LogP contribution in [-0.2, 0) is 23.7 Å². The van der Waals surface area contributed by atoms with Crippen LogP contribution in [0.1, 0.15) is 103 Å². The molecular formula is C54H56F2N10O6. The maximum Gasteiger partial charge on any atom is 0.417 e. The topological polar surface area (TPSA) is 154 Å². The number of nitrogens with zero attached hydrogens (tertiary/aromatic N) is 10. The zero-order valence-corrected chi connectivity index (χ0v) is 41.4. The predicted octanol–water partition coefficient (Wildman–Crippen LogP) is 9.28. The van der Waals surface area contributed by atoms with Crippen molar-refractivity contribution in [2.24, 2.45) is 13.0 Å². The van der Waals surface area contributed by atoms with Crippen LogP contribution in [-0.4, -0.2) is 86.2 Å². The van der Waals surface area contributed by atoms with Crippen LogP contribution in [0.2, 0.25) is 0 Å². The normalized spacial score (nSPS) is 20.5. The minimum atomic E-state index is -0.848. The standard InChI is InChI=1S/C54H56F2N10O6/c1-10-21-69-47-32(5)45(55)30(3)24-42(47)66-48(64-20-19-63(52(64)68)41-15-14-40-37(46(41)56)29-57-61(40)9)44-33(6)62(18-16-38(44)59-66)49(67)43-26-36-25-34(35-17-23-71-53(7,8)28-35)12-13-39(36)65(43)54(27-31(54)4)50-58-51(72-60-50)70-22-11-2/h10-15,19-20,24-26,29,31,33,35H,1-2,16-18,21-23,27-28H2,3-9H3/t31-,33-,35-,54-/m0/s1. The highest BCUT2D eigenvalue weighted by Crippen LogP contribution is 2.57. The molecule has 0 radical (unpaired) electrons. The lowest BCUT2D eigenvalue weighted by molar-refractivity contribution is -0.0592. The van der Waals surface area contributed by atoms with Crippen LogP contribution >= 0.6 is 0 Å². The summed E-state index contributed by atoms with van der Waals surface area (Å²) in [4.78, 5) is 37.3. The molecule has 1 aliphatic carbocycles. The van der Waals surface area contributed by atoms with Crippen LogP contribution in [0, 0.1) is 31.4 Å². The fraction of sp³-hybridized carbons (Fsp3) is 0.370. The number of hydrogen-bond acceptors (Lipinski definition) is 10. The molecule has 0 bridgehead atoms. The second-order valence-corrected chi connectivity index (χ2v) is 20.0. The number of ether oxygens (including phenoxy) is 3. The van der Waals surface area contributed by atoms with Crippen molar-refractivity contribution in [3.05, 3.63) is 148 Å². The zero-order valence-electron chi connectivity index (χ0n) is 41.4. The van der Waals surface area contributed by atoms with Crippen LogP contribution in [0.3, 0.4) is 0 Å². The summed E-state index contributed by atoms with van der Waals surface area (Å²) in [6.45, 7) is 20.2. The number of aromatic nitrogens is 9. The van der Waals surface area contributed by atoms with Crippen molar-refractivity contribution in [2.75, 3.05) is 26.4 Å². The lowest BCUT2D eigenvalue weighted by Crippen LogP contribution is -2.41. The van der Waals surface area contributed by atoms with Gasteiger partial charge in [0.2, 0.25) is 5.82 Å². The van der Waals surface area contributed by atoms with Crippen LogP contribution in [0.4, 0.5) is 8.78 Å². The third-order valence-corrected chi connectivity index (χ3v) is 15.0. The summed E-state index contributed by atoms with van der Waals surface area (Å²) < 4.78 is 63.5. The van der Waals surface area contributed by atoms with Gasteiger partial charge in [-0.05, 0) is 113 Å². The van der Waals surface area contributed by atoms with Crippen molar-refractivity contribution in [1.82, 2.24) is 48.3 Å². The summed E-state index contributed by atoms with van der Waals surface area (Å²) >= 11 is 0. The number of carbonyl (C=O) groups excluding carboxylic acids is 1. The Labute approximate surface area is 413 Å². The van der Waals surface area contributed by atoms with E-state index in [0.29, 0.717) is 59.0 Å². The molecule has 72 heavy (non-hydrogen) atoms. The molecule has 0 unspecified atom stereocenters. The molecular weight excluding hydrogens is 923 g/mol. The van der Waals surface area contributed by atoms with Gasteiger partial charge in [0, 0.05) is 61.0 Å². The Morgan fingerprint density at radius 2 is 1.71 bits per heavy atom. The molecule has 4 atom stereocenters. The second-order valence-electron chi connectivity index (χ2n) is 20.0. The first-order chi connectivity index (χ1) is 34.6. The van der Waals surface area contributed by atoms with Gasteiger partial charge in [0.1, 0.15) is 41.8 Å². The van der Waals surface area contributed by atoms with Crippen molar-refractivity contribution < 1.29 is 32.3 Å². The highest BCUT2D eigenvalue weighted by molar-refractivity contribution is 6.00. The summed E-state index contributed by atoms with van der Waals surface area (Å²) in [6, 6.07) is 12.6. The molecule has 0 N–H and O–H groups in total. The second kappa shape index (κ2) is 17.3. The number of amides is 1. The minimum Gasteiger partial charge on any atom is -0.487 e. The summed E-state index contributed by atoms with van der Waals surface area (Å²) in [6.07, 6.45) is 10.3. The van der Waals surface area contributed by atoms with Gasteiger partial charge < -0.3 is 23.7 Å². The Morgan fingerprint density at radius 1 is 0.958 bits per heavy atom. The number of imidazole rings is 1.